The zero-order valence-electron chi connectivity index (χ0n) is 17.8. The average molecular weight is 421 g/mol. The number of nitrogens with zero attached hydrogens (tertiary/aromatic N) is 2. The number of benzene rings is 2. The van der Waals surface area contributed by atoms with Crippen LogP contribution in [0.4, 0.5) is 5.69 Å². The molecule has 1 N–H and O–H groups in total. The van der Waals surface area contributed by atoms with Gasteiger partial charge in [-0.05, 0) is 38.0 Å². The summed E-state index contributed by atoms with van der Waals surface area (Å²) >= 11 is 0. The molecule has 7 nitrogen and oxygen atoms in total. The monoisotopic (exact) mass is 421 g/mol. The lowest BCUT2D eigenvalue weighted by Crippen LogP contribution is -2.33. The first kappa shape index (κ1) is 22.2. The number of hydrogen-bond donors (Lipinski definition) is 1. The molecule has 2 aromatic carbocycles. The summed E-state index contributed by atoms with van der Waals surface area (Å²) in [6.45, 7) is 3.78. The number of carbonyl (C=O) groups is 3. The van der Waals surface area contributed by atoms with Gasteiger partial charge in [-0.25, -0.2) is 4.79 Å². The van der Waals surface area contributed by atoms with Crippen LogP contribution in [0, 0.1) is 6.92 Å². The number of para-hydroxylation sites is 1. The highest BCUT2D eigenvalue weighted by Crippen LogP contribution is 2.25. The molecule has 1 heterocycles. The lowest BCUT2D eigenvalue weighted by Gasteiger charge is -2.20. The topological polar surface area (TPSA) is 88.1 Å². The van der Waals surface area contributed by atoms with Gasteiger partial charge in [0.25, 0.3) is 0 Å². The van der Waals surface area contributed by atoms with Gasteiger partial charge in [0.2, 0.25) is 5.91 Å². The molecule has 3 rings (SSSR count). The second-order valence-corrected chi connectivity index (χ2v) is 7.53. The number of esters is 1. The fraction of sp³-hybridized carbons (Fsp3) is 0.333. The number of ketones is 1. The Hall–Kier alpha value is -3.48. The van der Waals surface area contributed by atoms with E-state index < -0.39 is 12.0 Å². The van der Waals surface area contributed by atoms with E-state index in [4.69, 9.17) is 4.74 Å². The van der Waals surface area contributed by atoms with Crippen molar-refractivity contribution in [2.75, 3.05) is 18.2 Å². The molecule has 31 heavy (non-hydrogen) atoms. The highest BCUT2D eigenvalue weighted by Gasteiger charge is 2.34. The number of rotatable bonds is 9. The molecule has 0 saturated carbocycles. The zero-order chi connectivity index (χ0) is 22.2. The number of hydrogen-bond acceptors (Lipinski definition) is 6. The van der Waals surface area contributed by atoms with Crippen molar-refractivity contribution in [3.05, 3.63) is 65.7 Å². The fourth-order valence-electron chi connectivity index (χ4n) is 3.29. The summed E-state index contributed by atoms with van der Waals surface area (Å²) < 4.78 is 5.24. The molecule has 0 bridgehead atoms. The molecule has 0 radical (unpaired) electrons. The van der Waals surface area contributed by atoms with Crippen LogP contribution in [0.15, 0.2) is 59.7 Å². The minimum atomic E-state index is -0.571. The van der Waals surface area contributed by atoms with Gasteiger partial charge in [-0.2, -0.15) is 5.10 Å². The first-order valence-electron chi connectivity index (χ1n) is 10.4. The first-order valence-corrected chi connectivity index (χ1v) is 10.4. The molecule has 7 heteroatoms. The highest BCUT2D eigenvalue weighted by atomic mass is 16.5. The van der Waals surface area contributed by atoms with Gasteiger partial charge in [0.15, 0.2) is 5.78 Å². The van der Waals surface area contributed by atoms with E-state index in [1.807, 2.05) is 61.5 Å². The Balaban J connectivity index is 1.43. The molecule has 0 saturated heterocycles. The third-order valence-corrected chi connectivity index (χ3v) is 5.05. The summed E-state index contributed by atoms with van der Waals surface area (Å²) in [5, 5.41) is 8.62. The summed E-state index contributed by atoms with van der Waals surface area (Å²) in [5.41, 5.74) is 3.24. The maximum Gasteiger partial charge on any atom is 0.354 e. The smallest absolute Gasteiger partial charge is 0.354 e. The number of amides is 1. The predicted octanol–water partition coefficient (Wildman–Crippen LogP) is 2.81. The molecule has 1 atom stereocenters. The number of carbonyl (C=O) groups excluding carboxylic acids is 3. The number of Topliss-reactive ketones (excluding diaryl/α,β-unsaturated/α-hetero) is 1. The Bertz CT molecular complexity index is 955. The Morgan fingerprint density at radius 3 is 2.48 bits per heavy atom. The van der Waals surface area contributed by atoms with Gasteiger partial charge in [-0.15, -0.1) is 0 Å². The van der Waals surface area contributed by atoms with Crippen molar-refractivity contribution >= 4 is 29.1 Å². The van der Waals surface area contributed by atoms with Crippen LogP contribution in [0.2, 0.25) is 0 Å². The predicted molar refractivity (Wildman–Crippen MR) is 119 cm³/mol. The quantitative estimate of drug-likeness (QED) is 0.497. The zero-order valence-corrected chi connectivity index (χ0v) is 17.8. The fourth-order valence-corrected chi connectivity index (χ4v) is 3.29. The maximum absolute atomic E-state index is 12.4. The minimum absolute atomic E-state index is 0.0458. The van der Waals surface area contributed by atoms with E-state index >= 15 is 0 Å². The van der Waals surface area contributed by atoms with Gasteiger partial charge in [0.1, 0.15) is 18.4 Å². The van der Waals surface area contributed by atoms with Crippen LogP contribution in [0.25, 0.3) is 0 Å². The normalized spacial score (nSPS) is 15.4. The Kier molecular flexibility index (Phi) is 7.54. The van der Waals surface area contributed by atoms with Crippen LogP contribution in [0.1, 0.15) is 30.9 Å². The van der Waals surface area contributed by atoms with E-state index in [-0.39, 0.29) is 37.0 Å². The molecule has 0 fully saturated rings. The summed E-state index contributed by atoms with van der Waals surface area (Å²) in [7, 11) is 0. The molecule has 1 aliphatic heterocycles. The van der Waals surface area contributed by atoms with Crippen molar-refractivity contribution in [3.63, 3.8) is 0 Å². The number of anilines is 1. The van der Waals surface area contributed by atoms with Crippen LogP contribution < -0.4 is 10.3 Å². The van der Waals surface area contributed by atoms with Gasteiger partial charge < -0.3 is 10.1 Å². The third-order valence-electron chi connectivity index (χ3n) is 5.05. The number of hydrazone groups is 1. The summed E-state index contributed by atoms with van der Waals surface area (Å²) in [4.78, 5) is 36.4. The van der Waals surface area contributed by atoms with Crippen molar-refractivity contribution in [2.24, 2.45) is 5.10 Å². The first-order chi connectivity index (χ1) is 14.9. The van der Waals surface area contributed by atoms with Gasteiger partial charge in [-0.3, -0.25) is 14.6 Å². The van der Waals surface area contributed by atoms with E-state index in [1.54, 1.807) is 5.01 Å². The van der Waals surface area contributed by atoms with E-state index in [2.05, 4.69) is 10.4 Å². The molecule has 162 valence electrons. The maximum atomic E-state index is 12.4. The third kappa shape index (κ3) is 6.25. The van der Waals surface area contributed by atoms with Gasteiger partial charge >= 0.3 is 5.97 Å². The number of nitrogens with one attached hydrogen (secondary N) is 1. The summed E-state index contributed by atoms with van der Waals surface area (Å²) in [5.74, 6) is -0.739. The molecular formula is C24H27N3O4. The van der Waals surface area contributed by atoms with E-state index in [9.17, 15) is 14.4 Å². The molecule has 0 aromatic heterocycles. The van der Waals surface area contributed by atoms with Crippen molar-refractivity contribution in [2.45, 2.75) is 39.2 Å². The Labute approximate surface area is 182 Å². The van der Waals surface area contributed by atoms with Crippen molar-refractivity contribution in [1.82, 2.24) is 5.32 Å². The van der Waals surface area contributed by atoms with Crippen molar-refractivity contribution < 1.29 is 19.1 Å². The van der Waals surface area contributed by atoms with Crippen LogP contribution in [0.5, 0.6) is 0 Å². The van der Waals surface area contributed by atoms with E-state index in [1.165, 1.54) is 12.5 Å². The average Bonchev–Trinajstić information content (AvgIpc) is 3.23. The van der Waals surface area contributed by atoms with Crippen molar-refractivity contribution in [1.29, 1.82) is 0 Å². The van der Waals surface area contributed by atoms with Crippen LogP contribution in [0.3, 0.4) is 0 Å². The molecule has 1 aliphatic rings. The van der Waals surface area contributed by atoms with E-state index in [0.717, 1.165) is 11.3 Å². The van der Waals surface area contributed by atoms with Gasteiger partial charge in [0, 0.05) is 12.8 Å². The van der Waals surface area contributed by atoms with Crippen LogP contribution in [-0.4, -0.2) is 42.6 Å². The van der Waals surface area contributed by atoms with E-state index in [0.29, 0.717) is 12.8 Å². The lowest BCUT2D eigenvalue weighted by molar-refractivity contribution is -0.136. The molecule has 1 amide bonds. The second kappa shape index (κ2) is 10.5. The lowest BCUT2D eigenvalue weighted by atomic mass is 10.1. The number of ether oxygens (including phenoxy) is 1. The van der Waals surface area contributed by atoms with Gasteiger partial charge in [-0.1, -0.05) is 48.0 Å². The standard InChI is InChI=1S/C24H27N3O4/c1-17-8-10-19(11-9-17)12-13-23(29)25-14-15-31-24(30)21-16-22(18(2)28)27(26-21)20-6-4-3-5-7-20/h3-11,22H,12-16H2,1-2H3,(H,25,29). The molecule has 0 aliphatic carbocycles. The van der Waals surface area contributed by atoms with Gasteiger partial charge in [0.05, 0.1) is 12.2 Å². The molecular weight excluding hydrogens is 394 g/mol. The Morgan fingerprint density at radius 1 is 1.10 bits per heavy atom. The van der Waals surface area contributed by atoms with Crippen LogP contribution in [-0.2, 0) is 25.5 Å². The molecule has 2 aromatic rings. The summed E-state index contributed by atoms with van der Waals surface area (Å²) in [6.07, 6.45) is 1.23. The highest BCUT2D eigenvalue weighted by molar-refractivity contribution is 6.38. The second-order valence-electron chi connectivity index (χ2n) is 7.53. The molecule has 0 spiro atoms. The largest absolute Gasteiger partial charge is 0.459 e. The Morgan fingerprint density at radius 2 is 1.81 bits per heavy atom. The minimum Gasteiger partial charge on any atom is -0.459 e. The summed E-state index contributed by atoms with van der Waals surface area (Å²) in [6, 6.07) is 16.8. The van der Waals surface area contributed by atoms with Crippen molar-refractivity contribution in [3.8, 4) is 0 Å². The SMILES string of the molecule is CC(=O)C1CC(C(=O)OCCNC(=O)CCc2ccc(C)cc2)=NN1c1ccccc1. The number of aryl methyl sites for hydroxylation is 2. The van der Waals surface area contributed by atoms with Crippen LogP contribution >= 0.6 is 0 Å². The molecule has 1 unspecified atom stereocenters.